The number of likely N-dealkylation sites (N-methyl/N-ethyl adjacent to an activating group) is 1. The molecule has 2 aromatic rings. The number of H-pyrrole nitrogens is 1. The van der Waals surface area contributed by atoms with Crippen molar-refractivity contribution in [3.05, 3.63) is 10.5 Å². The van der Waals surface area contributed by atoms with Crippen molar-refractivity contribution in [1.82, 2.24) is 24.2 Å². The van der Waals surface area contributed by atoms with Gasteiger partial charge in [0, 0.05) is 26.2 Å². The summed E-state index contributed by atoms with van der Waals surface area (Å²) in [6.07, 6.45) is 1.16. The van der Waals surface area contributed by atoms with Gasteiger partial charge in [0.1, 0.15) is 5.52 Å². The third-order valence-electron chi connectivity index (χ3n) is 3.94. The second-order valence-electron chi connectivity index (χ2n) is 5.23. The van der Waals surface area contributed by atoms with E-state index < -0.39 is 0 Å². The monoisotopic (exact) mass is 281 g/mol. The summed E-state index contributed by atoms with van der Waals surface area (Å²) in [7, 11) is 4.13. The van der Waals surface area contributed by atoms with Gasteiger partial charge in [-0.05, 0) is 39.5 Å². The van der Waals surface area contributed by atoms with E-state index in [0.717, 1.165) is 41.1 Å². The fourth-order valence-corrected chi connectivity index (χ4v) is 2.65. The first-order valence-corrected chi connectivity index (χ1v) is 7.18. The molecule has 1 N–H and O–H groups in total. The van der Waals surface area contributed by atoms with Gasteiger partial charge in [-0.2, -0.15) is 5.10 Å². The van der Waals surface area contributed by atoms with Crippen molar-refractivity contribution in [3.8, 4) is 0 Å². The van der Waals surface area contributed by atoms with Gasteiger partial charge in [0.2, 0.25) is 0 Å². The molecule has 2 heterocycles. The number of hydrogen-bond acceptors (Lipinski definition) is 3. The molecule has 0 amide bonds. The lowest BCUT2D eigenvalue weighted by atomic mass is 10.2. The Balaban J connectivity index is 2.26. The highest BCUT2D eigenvalue weighted by Crippen LogP contribution is 2.17. The predicted octanol–water partition coefficient (Wildman–Crippen LogP) is 2.47. The normalized spacial score (nSPS) is 13.6. The average molecular weight is 281 g/mol. The second kappa shape index (κ2) is 5.46. The maximum absolute atomic E-state index is 5.42. The quantitative estimate of drug-likeness (QED) is 0.856. The van der Waals surface area contributed by atoms with Gasteiger partial charge < -0.3 is 14.5 Å². The van der Waals surface area contributed by atoms with Crippen molar-refractivity contribution < 1.29 is 0 Å². The van der Waals surface area contributed by atoms with Crippen LogP contribution in [0.3, 0.4) is 0 Å². The van der Waals surface area contributed by atoms with Crippen LogP contribution in [-0.2, 0) is 13.6 Å². The summed E-state index contributed by atoms with van der Waals surface area (Å²) < 4.78 is 4.83. The molecule has 0 saturated heterocycles. The molecule has 2 rings (SSSR count). The van der Waals surface area contributed by atoms with Crippen LogP contribution in [-0.4, -0.2) is 43.9 Å². The van der Waals surface area contributed by atoms with Crippen LogP contribution in [0.25, 0.3) is 11.2 Å². The zero-order valence-corrected chi connectivity index (χ0v) is 13.2. The first kappa shape index (κ1) is 14.3. The summed E-state index contributed by atoms with van der Waals surface area (Å²) >= 11 is 5.42. The standard InChI is InChI=1S/C13H23N5S/c1-6-9(2)16(4)7-8-18-12-11(14-13(18)19)10(3)15-17(12)5/h9H,6-8H2,1-5H3,(H,14,19). The molecule has 0 saturated carbocycles. The average Bonchev–Trinajstić information content (AvgIpc) is 2.84. The van der Waals surface area contributed by atoms with Crippen molar-refractivity contribution in [2.75, 3.05) is 13.6 Å². The van der Waals surface area contributed by atoms with E-state index in [1.54, 1.807) is 0 Å². The zero-order chi connectivity index (χ0) is 14.2. The molecule has 0 fully saturated rings. The Morgan fingerprint density at radius 1 is 1.47 bits per heavy atom. The van der Waals surface area contributed by atoms with Crippen LogP contribution in [0.2, 0.25) is 0 Å². The number of hydrogen-bond donors (Lipinski definition) is 1. The first-order chi connectivity index (χ1) is 8.95. The molecule has 1 atom stereocenters. The van der Waals surface area contributed by atoms with Gasteiger partial charge in [0.25, 0.3) is 0 Å². The number of aryl methyl sites for hydroxylation is 2. The molecule has 0 radical (unpaired) electrons. The molecule has 0 spiro atoms. The van der Waals surface area contributed by atoms with Crippen LogP contribution >= 0.6 is 12.2 Å². The minimum Gasteiger partial charge on any atom is -0.328 e. The van der Waals surface area contributed by atoms with E-state index in [0.29, 0.717) is 6.04 Å². The largest absolute Gasteiger partial charge is 0.328 e. The molecule has 106 valence electrons. The summed E-state index contributed by atoms with van der Waals surface area (Å²) in [6.45, 7) is 8.34. The summed E-state index contributed by atoms with van der Waals surface area (Å²) in [5, 5.41) is 4.44. The van der Waals surface area contributed by atoms with E-state index in [2.05, 4.69) is 40.4 Å². The van der Waals surface area contributed by atoms with Crippen molar-refractivity contribution in [1.29, 1.82) is 0 Å². The van der Waals surface area contributed by atoms with Gasteiger partial charge in [-0.3, -0.25) is 4.68 Å². The number of fused-ring (bicyclic) bond motifs is 1. The van der Waals surface area contributed by atoms with Crippen LogP contribution in [0.15, 0.2) is 0 Å². The molecular formula is C13H23N5S. The molecule has 5 nitrogen and oxygen atoms in total. The van der Waals surface area contributed by atoms with Crippen LogP contribution in [0.5, 0.6) is 0 Å². The Kier molecular flexibility index (Phi) is 4.10. The number of aromatic amines is 1. The van der Waals surface area contributed by atoms with Gasteiger partial charge in [-0.25, -0.2) is 0 Å². The molecular weight excluding hydrogens is 258 g/mol. The smallest absolute Gasteiger partial charge is 0.179 e. The van der Waals surface area contributed by atoms with Gasteiger partial charge in [0.15, 0.2) is 10.4 Å². The number of aromatic nitrogens is 4. The molecule has 0 aliphatic carbocycles. The van der Waals surface area contributed by atoms with E-state index >= 15 is 0 Å². The van der Waals surface area contributed by atoms with Crippen molar-refractivity contribution in [3.63, 3.8) is 0 Å². The molecule has 1 unspecified atom stereocenters. The van der Waals surface area contributed by atoms with E-state index in [4.69, 9.17) is 12.2 Å². The zero-order valence-electron chi connectivity index (χ0n) is 12.4. The fourth-order valence-electron chi connectivity index (χ4n) is 2.37. The van der Waals surface area contributed by atoms with Crippen LogP contribution in [0, 0.1) is 11.7 Å². The maximum atomic E-state index is 5.42. The third-order valence-corrected chi connectivity index (χ3v) is 4.27. The Hall–Kier alpha value is -1.14. The highest BCUT2D eigenvalue weighted by molar-refractivity contribution is 7.71. The molecule has 2 aromatic heterocycles. The summed E-state index contributed by atoms with van der Waals surface area (Å²) in [4.78, 5) is 5.62. The lowest BCUT2D eigenvalue weighted by Crippen LogP contribution is -2.31. The van der Waals surface area contributed by atoms with E-state index in [-0.39, 0.29) is 0 Å². The second-order valence-corrected chi connectivity index (χ2v) is 5.61. The summed E-state index contributed by atoms with van der Waals surface area (Å²) in [5.74, 6) is 0. The molecule has 19 heavy (non-hydrogen) atoms. The minimum atomic E-state index is 0.594. The molecule has 0 bridgehead atoms. The van der Waals surface area contributed by atoms with Gasteiger partial charge >= 0.3 is 0 Å². The SMILES string of the molecule is CCC(C)N(C)CCn1c(=S)[nH]c2c(C)nn(C)c21. The van der Waals surface area contributed by atoms with E-state index in [9.17, 15) is 0 Å². The molecule has 0 aliphatic heterocycles. The highest BCUT2D eigenvalue weighted by atomic mass is 32.1. The minimum absolute atomic E-state index is 0.594. The van der Waals surface area contributed by atoms with Gasteiger partial charge in [-0.15, -0.1) is 0 Å². The lowest BCUT2D eigenvalue weighted by molar-refractivity contribution is 0.243. The van der Waals surface area contributed by atoms with Crippen molar-refractivity contribution in [2.45, 2.75) is 39.8 Å². The van der Waals surface area contributed by atoms with E-state index in [1.807, 2.05) is 18.7 Å². The molecule has 0 aromatic carbocycles. The third kappa shape index (κ3) is 2.60. The van der Waals surface area contributed by atoms with Crippen molar-refractivity contribution in [2.24, 2.45) is 7.05 Å². The maximum Gasteiger partial charge on any atom is 0.179 e. The van der Waals surface area contributed by atoms with Crippen LogP contribution in [0.4, 0.5) is 0 Å². The number of nitrogens with one attached hydrogen (secondary N) is 1. The van der Waals surface area contributed by atoms with Crippen LogP contribution < -0.4 is 0 Å². The number of imidazole rings is 1. The fraction of sp³-hybridized carbons (Fsp3) is 0.692. The van der Waals surface area contributed by atoms with Gasteiger partial charge in [-0.1, -0.05) is 6.92 Å². The van der Waals surface area contributed by atoms with E-state index in [1.165, 1.54) is 0 Å². The van der Waals surface area contributed by atoms with Crippen LogP contribution in [0.1, 0.15) is 26.0 Å². The Bertz CT molecular complexity index is 621. The van der Waals surface area contributed by atoms with Crippen molar-refractivity contribution >= 4 is 23.4 Å². The molecule has 6 heteroatoms. The Morgan fingerprint density at radius 2 is 2.16 bits per heavy atom. The Morgan fingerprint density at radius 3 is 2.79 bits per heavy atom. The topological polar surface area (TPSA) is 41.8 Å². The lowest BCUT2D eigenvalue weighted by Gasteiger charge is -2.23. The highest BCUT2D eigenvalue weighted by Gasteiger charge is 2.13. The Labute approximate surface area is 119 Å². The predicted molar refractivity (Wildman–Crippen MR) is 81.0 cm³/mol. The number of nitrogens with zero attached hydrogens (tertiary/aromatic N) is 4. The number of rotatable bonds is 5. The summed E-state index contributed by atoms with van der Waals surface area (Å²) in [5.41, 5.74) is 3.14. The van der Waals surface area contributed by atoms with Gasteiger partial charge in [0.05, 0.1) is 5.69 Å². The molecule has 0 aliphatic rings. The summed E-state index contributed by atoms with van der Waals surface area (Å²) in [6, 6.07) is 0.594. The first-order valence-electron chi connectivity index (χ1n) is 6.78.